The Labute approximate surface area is 153 Å². The Balaban J connectivity index is 2.79. The number of rotatable bonds is 9. The number of para-hydroxylation sites is 1. The number of nitrogens with zero attached hydrogens (tertiary/aromatic N) is 1. The Bertz CT molecular complexity index is 510. The molecule has 0 N–H and O–H groups in total. The van der Waals surface area contributed by atoms with E-state index in [1.54, 1.807) is 4.90 Å². The van der Waals surface area contributed by atoms with Gasteiger partial charge in [0.05, 0.1) is 0 Å². The fourth-order valence-corrected chi connectivity index (χ4v) is 5.00. The molecule has 0 saturated heterocycles. The summed E-state index contributed by atoms with van der Waals surface area (Å²) in [6.45, 7) is 13.6. The average molecular weight is 368 g/mol. The summed E-state index contributed by atoms with van der Waals surface area (Å²) in [5.74, 6) is 0. The van der Waals surface area contributed by atoms with Crippen molar-refractivity contribution in [2.45, 2.75) is 59.2 Å². The van der Waals surface area contributed by atoms with E-state index in [1.165, 1.54) is 0 Å². The lowest BCUT2D eigenvalue weighted by atomic mass is 10.2. The van der Waals surface area contributed by atoms with Crippen LogP contribution in [-0.4, -0.2) is 40.0 Å². The number of hydrogen-bond donors (Lipinski definition) is 0. The molecule has 1 amide bonds. The molecule has 0 aliphatic rings. The van der Waals surface area contributed by atoms with E-state index < -0.39 is 14.2 Å². The van der Waals surface area contributed by atoms with Crippen molar-refractivity contribution in [2.24, 2.45) is 0 Å². The summed E-state index contributed by atoms with van der Waals surface area (Å²) in [4.78, 5) is 14.3. The molecule has 25 heavy (non-hydrogen) atoms. The molecule has 0 aliphatic carbocycles. The molecule has 0 heterocycles. The minimum atomic E-state index is -2.18. The highest BCUT2D eigenvalue weighted by Gasteiger charge is 2.31. The molecule has 0 fully saturated rings. The zero-order chi connectivity index (χ0) is 18.9. The molecule has 1 aromatic carbocycles. The summed E-state index contributed by atoms with van der Waals surface area (Å²) in [5.41, 5.74) is 0.317. The van der Waals surface area contributed by atoms with E-state index in [-0.39, 0.29) is 6.09 Å². The van der Waals surface area contributed by atoms with Gasteiger partial charge < -0.3 is 13.6 Å². The third kappa shape index (κ3) is 8.03. The summed E-state index contributed by atoms with van der Waals surface area (Å²) >= 11 is 0. The van der Waals surface area contributed by atoms with Gasteiger partial charge in [0, 0.05) is 25.4 Å². The normalized spacial score (nSPS) is 12.1. The first-order valence-electron chi connectivity index (χ1n) is 9.04. The Hall–Kier alpha value is -1.37. The predicted octanol–water partition coefficient (Wildman–Crippen LogP) is 4.96. The van der Waals surface area contributed by atoms with Gasteiger partial charge in [-0.05, 0) is 65.8 Å². The monoisotopic (exact) mass is 367 g/mol. The summed E-state index contributed by atoms with van der Waals surface area (Å²) in [5, 5.41) is 0. The quantitative estimate of drug-likeness (QED) is 0.579. The Morgan fingerprint density at radius 2 is 1.64 bits per heavy atom. The zero-order valence-corrected chi connectivity index (χ0v) is 17.5. The third-order valence-electron chi connectivity index (χ3n) is 3.59. The molecule has 1 rings (SSSR count). The van der Waals surface area contributed by atoms with E-state index in [0.717, 1.165) is 18.2 Å². The first-order chi connectivity index (χ1) is 11.7. The largest absolute Gasteiger partial charge is 0.443 e. The minimum absolute atomic E-state index is 0.324. The highest BCUT2D eigenvalue weighted by Crippen LogP contribution is 2.21. The van der Waals surface area contributed by atoms with Crippen molar-refractivity contribution in [1.82, 2.24) is 0 Å². The maximum Gasteiger partial charge on any atom is 0.414 e. The highest BCUT2D eigenvalue weighted by atomic mass is 28.4. The number of anilines is 1. The van der Waals surface area contributed by atoms with Gasteiger partial charge in [-0.15, -0.1) is 0 Å². The summed E-state index contributed by atoms with van der Waals surface area (Å²) in [6, 6.07) is 10.5. The molecule has 0 spiro atoms. The maximum atomic E-state index is 12.6. The van der Waals surface area contributed by atoms with Crippen LogP contribution in [0.1, 0.15) is 41.0 Å². The molecule has 0 saturated carbocycles. The molecular formula is C19H33NO4Si. The molecule has 0 aliphatic heterocycles. The smallest absolute Gasteiger partial charge is 0.414 e. The van der Waals surface area contributed by atoms with Gasteiger partial charge in [-0.2, -0.15) is 0 Å². The Morgan fingerprint density at radius 1 is 1.08 bits per heavy atom. The molecule has 0 aromatic heterocycles. The van der Waals surface area contributed by atoms with Gasteiger partial charge >= 0.3 is 14.7 Å². The summed E-state index contributed by atoms with van der Waals surface area (Å²) in [6.07, 6.45) is 0.478. The zero-order valence-electron chi connectivity index (χ0n) is 16.5. The number of amides is 1. The fourth-order valence-electron chi connectivity index (χ4n) is 2.61. The van der Waals surface area contributed by atoms with Crippen molar-refractivity contribution in [2.75, 3.05) is 24.7 Å². The van der Waals surface area contributed by atoms with Crippen LogP contribution in [0.25, 0.3) is 0 Å². The van der Waals surface area contributed by atoms with Crippen molar-refractivity contribution >= 4 is 20.3 Å². The van der Waals surface area contributed by atoms with Crippen molar-refractivity contribution < 1.29 is 18.4 Å². The van der Waals surface area contributed by atoms with E-state index in [9.17, 15) is 4.79 Å². The fraction of sp³-hybridized carbons (Fsp3) is 0.632. The third-order valence-corrected chi connectivity index (χ3v) is 6.65. The molecule has 1 aromatic rings. The SMILES string of the molecule is CCO[Si](C)(CCCN(C(=O)OC(C)(C)C)c1ccccc1)OCC. The van der Waals surface area contributed by atoms with Crippen molar-refractivity contribution in [1.29, 1.82) is 0 Å². The Kier molecular flexibility index (Phi) is 8.62. The van der Waals surface area contributed by atoms with Gasteiger partial charge in [0.1, 0.15) is 5.60 Å². The lowest BCUT2D eigenvalue weighted by molar-refractivity contribution is 0.0579. The molecule has 0 radical (unpaired) electrons. The number of carbonyl (C=O) groups is 1. The van der Waals surface area contributed by atoms with Crippen LogP contribution in [0.15, 0.2) is 30.3 Å². The molecule has 0 unspecified atom stereocenters. The lowest BCUT2D eigenvalue weighted by Crippen LogP contribution is -2.41. The van der Waals surface area contributed by atoms with Crippen LogP contribution in [-0.2, 0) is 13.6 Å². The highest BCUT2D eigenvalue weighted by molar-refractivity contribution is 6.66. The second-order valence-electron chi connectivity index (χ2n) is 7.07. The summed E-state index contributed by atoms with van der Waals surface area (Å²) in [7, 11) is -2.18. The minimum Gasteiger partial charge on any atom is -0.443 e. The average Bonchev–Trinajstić information content (AvgIpc) is 2.51. The maximum absolute atomic E-state index is 12.6. The first kappa shape index (κ1) is 21.7. The van der Waals surface area contributed by atoms with Crippen molar-refractivity contribution in [3.8, 4) is 0 Å². The second kappa shape index (κ2) is 9.94. The molecule has 0 atom stereocenters. The van der Waals surface area contributed by atoms with Gasteiger partial charge in [-0.1, -0.05) is 18.2 Å². The van der Waals surface area contributed by atoms with Crippen LogP contribution >= 0.6 is 0 Å². The van der Waals surface area contributed by atoms with E-state index >= 15 is 0 Å². The van der Waals surface area contributed by atoms with Gasteiger partial charge in [-0.3, -0.25) is 4.90 Å². The van der Waals surface area contributed by atoms with Crippen LogP contribution in [0.4, 0.5) is 10.5 Å². The lowest BCUT2D eigenvalue weighted by Gasteiger charge is -2.29. The van der Waals surface area contributed by atoms with Crippen LogP contribution in [0.2, 0.25) is 12.6 Å². The molecule has 5 nitrogen and oxygen atoms in total. The molecule has 6 heteroatoms. The van der Waals surface area contributed by atoms with Crippen LogP contribution in [0, 0.1) is 0 Å². The molecule has 0 bridgehead atoms. The molecule has 142 valence electrons. The number of carbonyl (C=O) groups excluding carboxylic acids is 1. The van der Waals surface area contributed by atoms with Crippen LogP contribution in [0.5, 0.6) is 0 Å². The van der Waals surface area contributed by atoms with Crippen molar-refractivity contribution in [3.63, 3.8) is 0 Å². The predicted molar refractivity (Wildman–Crippen MR) is 104 cm³/mol. The van der Waals surface area contributed by atoms with Crippen LogP contribution in [0.3, 0.4) is 0 Å². The topological polar surface area (TPSA) is 48.0 Å². The number of hydrogen-bond acceptors (Lipinski definition) is 4. The van der Waals surface area contributed by atoms with Gasteiger partial charge in [-0.25, -0.2) is 4.79 Å². The number of benzene rings is 1. The van der Waals surface area contributed by atoms with Crippen LogP contribution < -0.4 is 4.90 Å². The first-order valence-corrected chi connectivity index (χ1v) is 11.6. The Morgan fingerprint density at radius 3 is 2.12 bits per heavy atom. The van der Waals surface area contributed by atoms with E-state index in [1.807, 2.05) is 65.0 Å². The van der Waals surface area contributed by atoms with Gasteiger partial charge in [0.2, 0.25) is 0 Å². The van der Waals surface area contributed by atoms with Crippen molar-refractivity contribution in [3.05, 3.63) is 30.3 Å². The molecular weight excluding hydrogens is 334 g/mol. The van der Waals surface area contributed by atoms with Gasteiger partial charge in [0.25, 0.3) is 0 Å². The van der Waals surface area contributed by atoms with Gasteiger partial charge in [0.15, 0.2) is 0 Å². The standard InChI is InChI=1S/C19H33NO4Si/c1-7-22-25(6,23-8-2)16-12-15-20(17-13-10-9-11-14-17)18(21)24-19(3,4)5/h9-11,13-14H,7-8,12,15-16H2,1-6H3. The van der Waals surface area contributed by atoms with E-state index in [4.69, 9.17) is 13.6 Å². The summed E-state index contributed by atoms with van der Waals surface area (Å²) < 4.78 is 17.3. The van der Waals surface area contributed by atoms with E-state index in [2.05, 4.69) is 6.55 Å². The number of ether oxygens (including phenoxy) is 1. The second-order valence-corrected chi connectivity index (χ2v) is 10.4. The van der Waals surface area contributed by atoms with E-state index in [0.29, 0.717) is 19.8 Å².